The van der Waals surface area contributed by atoms with Gasteiger partial charge in [0.05, 0.1) is 19.2 Å². The highest BCUT2D eigenvalue weighted by atomic mass is 19.1. The first kappa shape index (κ1) is 17.6. The molecule has 21 heavy (non-hydrogen) atoms. The quantitative estimate of drug-likeness (QED) is 0.662. The van der Waals surface area contributed by atoms with E-state index >= 15 is 0 Å². The van der Waals surface area contributed by atoms with E-state index in [-0.39, 0.29) is 24.3 Å². The summed E-state index contributed by atoms with van der Waals surface area (Å²) < 4.78 is 17.9. The van der Waals surface area contributed by atoms with E-state index in [4.69, 9.17) is 4.74 Å². The summed E-state index contributed by atoms with van der Waals surface area (Å²) in [6, 6.07) is 6.35. The smallest absolute Gasteiger partial charge is 0.234 e. The van der Waals surface area contributed by atoms with E-state index in [2.05, 4.69) is 10.6 Å². The number of ether oxygens (including phenoxy) is 1. The van der Waals surface area contributed by atoms with Crippen LogP contribution >= 0.6 is 0 Å². The maximum Gasteiger partial charge on any atom is 0.234 e. The number of halogens is 1. The molecule has 1 amide bonds. The number of carbonyl (C=O) groups is 1. The lowest BCUT2D eigenvalue weighted by atomic mass is 10.1. The number of nitrogens with zero attached hydrogens (tertiary/aromatic N) is 1. The van der Waals surface area contributed by atoms with Crippen molar-refractivity contribution in [3.63, 3.8) is 0 Å². The highest BCUT2D eigenvalue weighted by Gasteiger charge is 2.15. The highest BCUT2D eigenvalue weighted by Crippen LogP contribution is 2.17. The molecule has 118 valence electrons. The van der Waals surface area contributed by atoms with Gasteiger partial charge in [-0.05, 0) is 31.8 Å². The maximum absolute atomic E-state index is 13.0. The van der Waals surface area contributed by atoms with Crippen molar-refractivity contribution in [2.45, 2.75) is 6.04 Å². The zero-order valence-electron chi connectivity index (χ0n) is 12.9. The summed E-state index contributed by atoms with van der Waals surface area (Å²) in [7, 11) is 5.47. The topological polar surface area (TPSA) is 53.6 Å². The number of hydrogen-bond donors (Lipinski definition) is 2. The minimum atomic E-state index is -0.261. The van der Waals surface area contributed by atoms with Crippen LogP contribution in [0.25, 0.3) is 0 Å². The summed E-state index contributed by atoms with van der Waals surface area (Å²) in [6.07, 6.45) is 0. The van der Waals surface area contributed by atoms with Gasteiger partial charge in [0, 0.05) is 20.2 Å². The maximum atomic E-state index is 13.0. The van der Waals surface area contributed by atoms with Gasteiger partial charge in [0.25, 0.3) is 0 Å². The molecule has 0 aliphatic carbocycles. The normalized spacial score (nSPS) is 12.4. The molecule has 1 rings (SSSR count). The predicted octanol–water partition coefficient (Wildman–Crippen LogP) is 0.781. The minimum Gasteiger partial charge on any atom is -0.383 e. The van der Waals surface area contributed by atoms with Crippen LogP contribution in [0.2, 0.25) is 0 Å². The second-order valence-corrected chi connectivity index (χ2v) is 5.00. The molecule has 1 aromatic rings. The lowest BCUT2D eigenvalue weighted by molar-refractivity contribution is -0.120. The largest absolute Gasteiger partial charge is 0.383 e. The van der Waals surface area contributed by atoms with E-state index < -0.39 is 0 Å². The predicted molar refractivity (Wildman–Crippen MR) is 80.6 cm³/mol. The fourth-order valence-corrected chi connectivity index (χ4v) is 1.93. The first-order valence-electron chi connectivity index (χ1n) is 6.93. The molecule has 1 unspecified atom stereocenters. The third-order valence-electron chi connectivity index (χ3n) is 3.14. The molecule has 0 aliphatic rings. The molecule has 6 heteroatoms. The number of benzene rings is 1. The van der Waals surface area contributed by atoms with Gasteiger partial charge in [-0.2, -0.15) is 0 Å². The van der Waals surface area contributed by atoms with Crippen LogP contribution in [0.15, 0.2) is 24.3 Å². The van der Waals surface area contributed by atoms with Crippen molar-refractivity contribution in [3.8, 4) is 0 Å². The molecule has 0 aliphatic heterocycles. The van der Waals surface area contributed by atoms with Gasteiger partial charge in [0.2, 0.25) is 5.91 Å². The second kappa shape index (κ2) is 9.44. The van der Waals surface area contributed by atoms with Crippen molar-refractivity contribution in [3.05, 3.63) is 35.6 Å². The Morgan fingerprint density at radius 1 is 1.33 bits per heavy atom. The molecular formula is C15H24FN3O2. The van der Waals surface area contributed by atoms with E-state index in [9.17, 15) is 9.18 Å². The number of carbonyl (C=O) groups excluding carboxylic acids is 1. The van der Waals surface area contributed by atoms with Crippen molar-refractivity contribution in [2.75, 3.05) is 47.4 Å². The number of likely N-dealkylation sites (N-methyl/N-ethyl adjacent to an activating group) is 1. The Kier molecular flexibility index (Phi) is 7.89. The van der Waals surface area contributed by atoms with E-state index in [1.54, 1.807) is 19.2 Å². The Labute approximate surface area is 125 Å². The van der Waals surface area contributed by atoms with Gasteiger partial charge in [-0.3, -0.25) is 4.79 Å². The van der Waals surface area contributed by atoms with Crippen LogP contribution in [0.3, 0.4) is 0 Å². The van der Waals surface area contributed by atoms with Gasteiger partial charge in [-0.1, -0.05) is 12.1 Å². The summed E-state index contributed by atoms with van der Waals surface area (Å²) in [5.41, 5.74) is 0.967. The molecule has 0 fully saturated rings. The van der Waals surface area contributed by atoms with Gasteiger partial charge in [0.15, 0.2) is 0 Å². The number of nitrogens with one attached hydrogen (secondary N) is 2. The molecule has 0 bridgehead atoms. The second-order valence-electron chi connectivity index (χ2n) is 5.00. The fourth-order valence-electron chi connectivity index (χ4n) is 1.93. The Hall–Kier alpha value is -1.50. The highest BCUT2D eigenvalue weighted by molar-refractivity contribution is 5.78. The summed E-state index contributed by atoms with van der Waals surface area (Å²) in [4.78, 5) is 13.7. The van der Waals surface area contributed by atoms with Crippen LogP contribution in [0.5, 0.6) is 0 Å². The minimum absolute atomic E-state index is 0.00789. The van der Waals surface area contributed by atoms with Crippen LogP contribution in [0, 0.1) is 5.82 Å². The van der Waals surface area contributed by atoms with E-state index in [0.717, 1.165) is 5.56 Å². The average Bonchev–Trinajstić information content (AvgIpc) is 2.45. The summed E-state index contributed by atoms with van der Waals surface area (Å²) in [5.74, 6) is -0.331. The summed E-state index contributed by atoms with van der Waals surface area (Å²) in [6.45, 7) is 1.94. The van der Waals surface area contributed by atoms with Gasteiger partial charge in [-0.25, -0.2) is 4.39 Å². The molecule has 0 saturated heterocycles. The SMILES string of the molecule is COCCNCC(=O)NCC(c1ccc(F)cc1)N(C)C. The Morgan fingerprint density at radius 3 is 2.57 bits per heavy atom. The van der Waals surface area contributed by atoms with Gasteiger partial charge in [0.1, 0.15) is 5.82 Å². The first-order chi connectivity index (χ1) is 10.0. The van der Waals surface area contributed by atoms with Crippen molar-refractivity contribution in [2.24, 2.45) is 0 Å². The lowest BCUT2D eigenvalue weighted by Crippen LogP contribution is -2.39. The van der Waals surface area contributed by atoms with Crippen LogP contribution in [-0.2, 0) is 9.53 Å². The first-order valence-corrected chi connectivity index (χ1v) is 6.93. The van der Waals surface area contributed by atoms with Crippen molar-refractivity contribution < 1.29 is 13.9 Å². The van der Waals surface area contributed by atoms with Gasteiger partial charge < -0.3 is 20.3 Å². The standard InChI is InChI=1S/C15H24FN3O2/c1-19(2)14(12-4-6-13(16)7-5-12)10-18-15(20)11-17-8-9-21-3/h4-7,14,17H,8-11H2,1-3H3,(H,18,20). The summed E-state index contributed by atoms with van der Waals surface area (Å²) in [5, 5.41) is 5.86. The molecule has 0 saturated carbocycles. The molecule has 1 atom stereocenters. The number of methoxy groups -OCH3 is 1. The molecule has 0 heterocycles. The molecule has 1 aromatic carbocycles. The van der Waals surface area contributed by atoms with Crippen molar-refractivity contribution in [1.82, 2.24) is 15.5 Å². The number of rotatable bonds is 9. The van der Waals surface area contributed by atoms with Crippen LogP contribution in [-0.4, -0.2) is 58.3 Å². The van der Waals surface area contributed by atoms with Crippen LogP contribution < -0.4 is 10.6 Å². The molecule has 0 spiro atoms. The van der Waals surface area contributed by atoms with Crippen LogP contribution in [0.4, 0.5) is 4.39 Å². The Morgan fingerprint density at radius 2 is 2.00 bits per heavy atom. The van der Waals surface area contributed by atoms with Crippen LogP contribution in [0.1, 0.15) is 11.6 Å². The van der Waals surface area contributed by atoms with Gasteiger partial charge in [-0.15, -0.1) is 0 Å². The molecular weight excluding hydrogens is 273 g/mol. The third-order valence-corrected chi connectivity index (χ3v) is 3.14. The van der Waals surface area contributed by atoms with Crippen molar-refractivity contribution >= 4 is 5.91 Å². The zero-order valence-corrected chi connectivity index (χ0v) is 12.9. The zero-order chi connectivity index (χ0) is 15.7. The van der Waals surface area contributed by atoms with E-state index in [0.29, 0.717) is 19.7 Å². The fraction of sp³-hybridized carbons (Fsp3) is 0.533. The van der Waals surface area contributed by atoms with Gasteiger partial charge >= 0.3 is 0 Å². The molecule has 0 radical (unpaired) electrons. The number of hydrogen-bond acceptors (Lipinski definition) is 4. The molecule has 5 nitrogen and oxygen atoms in total. The van der Waals surface area contributed by atoms with E-state index in [1.165, 1.54) is 12.1 Å². The van der Waals surface area contributed by atoms with Crippen molar-refractivity contribution in [1.29, 1.82) is 0 Å². The average molecular weight is 297 g/mol. The van der Waals surface area contributed by atoms with E-state index in [1.807, 2.05) is 19.0 Å². The summed E-state index contributed by atoms with van der Waals surface area (Å²) >= 11 is 0. The monoisotopic (exact) mass is 297 g/mol. The molecule has 0 aromatic heterocycles. The Balaban J connectivity index is 2.44. The molecule has 2 N–H and O–H groups in total. The number of amides is 1. The third kappa shape index (κ3) is 6.66. The Bertz CT molecular complexity index is 423. The lowest BCUT2D eigenvalue weighted by Gasteiger charge is -2.25.